The summed E-state index contributed by atoms with van der Waals surface area (Å²) in [7, 11) is 0. The molecule has 0 spiro atoms. The molecule has 2 atom stereocenters. The first-order valence-electron chi connectivity index (χ1n) is 7.49. The van der Waals surface area contributed by atoms with Crippen LogP contribution in [-0.2, 0) is 10.5 Å². The molecule has 6 nitrogen and oxygen atoms in total. The molecule has 1 saturated heterocycles. The van der Waals surface area contributed by atoms with E-state index in [4.69, 9.17) is 0 Å². The Labute approximate surface area is 147 Å². The van der Waals surface area contributed by atoms with Gasteiger partial charge in [-0.15, -0.1) is 23.5 Å². The van der Waals surface area contributed by atoms with Gasteiger partial charge in [0.05, 0.1) is 11.4 Å². The normalized spacial score (nSPS) is 22.6. The topological polar surface area (TPSA) is 75.4 Å². The maximum absolute atomic E-state index is 12.8. The van der Waals surface area contributed by atoms with Crippen molar-refractivity contribution >= 4 is 35.4 Å². The summed E-state index contributed by atoms with van der Waals surface area (Å²) >= 11 is 3.22. The molecule has 2 aliphatic rings. The number of aromatic nitrogens is 2. The molecular weight excluding hydrogens is 346 g/mol. The summed E-state index contributed by atoms with van der Waals surface area (Å²) in [6.07, 6.45) is 5.50. The Kier molecular flexibility index (Phi) is 4.01. The summed E-state index contributed by atoms with van der Waals surface area (Å²) in [5.41, 5.74) is 2.67. The van der Waals surface area contributed by atoms with E-state index in [2.05, 4.69) is 9.55 Å². The Hall–Kier alpha value is -1.93. The predicted octanol–water partition coefficient (Wildman–Crippen LogP) is 2.28. The summed E-state index contributed by atoms with van der Waals surface area (Å²) in [4.78, 5) is 29.8. The lowest BCUT2D eigenvalue weighted by Crippen LogP contribution is -2.41. The van der Waals surface area contributed by atoms with Gasteiger partial charge in [0.15, 0.2) is 0 Å². The average molecular weight is 361 g/mol. The molecule has 1 N–H and O–H groups in total. The fraction of sp³-hybridized carbons (Fsp3) is 0.312. The fourth-order valence-electron chi connectivity index (χ4n) is 3.07. The number of hydrogen-bond acceptors (Lipinski definition) is 5. The first-order valence-corrected chi connectivity index (χ1v) is 9.70. The highest BCUT2D eigenvalue weighted by atomic mass is 32.2. The van der Waals surface area contributed by atoms with Crippen molar-refractivity contribution in [2.24, 2.45) is 0 Å². The third-order valence-electron chi connectivity index (χ3n) is 4.28. The van der Waals surface area contributed by atoms with Crippen LogP contribution in [0.25, 0.3) is 0 Å². The molecule has 0 unspecified atom stereocenters. The van der Waals surface area contributed by atoms with Crippen LogP contribution in [0.15, 0.2) is 36.8 Å². The van der Waals surface area contributed by atoms with Gasteiger partial charge < -0.3 is 14.6 Å². The standard InChI is InChI=1S/C16H15N3O3S2/c20-14(19-9-23-7-13(19)16(21)22)11-3-5-18-12(11)8-24-15(18)10-2-1-4-17-6-10/h1-6,13,15H,7-9H2,(H,21,22)/t13-,15+/m0/s1. The van der Waals surface area contributed by atoms with Crippen molar-refractivity contribution in [3.8, 4) is 0 Å². The second-order valence-corrected chi connectivity index (χ2v) is 7.73. The van der Waals surface area contributed by atoms with Gasteiger partial charge in [-0.05, 0) is 12.1 Å². The lowest BCUT2D eigenvalue weighted by atomic mass is 10.2. The number of carboxylic acids is 1. The lowest BCUT2D eigenvalue weighted by Gasteiger charge is -2.20. The Balaban J connectivity index is 1.63. The number of carboxylic acid groups (broad SMARTS) is 1. The number of nitrogens with zero attached hydrogens (tertiary/aromatic N) is 3. The van der Waals surface area contributed by atoms with E-state index in [1.165, 1.54) is 16.7 Å². The first-order chi connectivity index (χ1) is 11.7. The van der Waals surface area contributed by atoms with Crippen LogP contribution in [0.3, 0.4) is 0 Å². The van der Waals surface area contributed by atoms with Gasteiger partial charge >= 0.3 is 5.97 Å². The van der Waals surface area contributed by atoms with E-state index in [0.29, 0.717) is 17.2 Å². The maximum atomic E-state index is 12.8. The molecule has 2 aromatic heterocycles. The zero-order valence-corrected chi connectivity index (χ0v) is 14.3. The zero-order chi connectivity index (χ0) is 16.7. The van der Waals surface area contributed by atoms with Gasteiger partial charge in [0.25, 0.3) is 5.91 Å². The van der Waals surface area contributed by atoms with Gasteiger partial charge in [-0.1, -0.05) is 6.07 Å². The monoisotopic (exact) mass is 361 g/mol. The molecule has 0 bridgehead atoms. The lowest BCUT2D eigenvalue weighted by molar-refractivity contribution is -0.140. The van der Waals surface area contributed by atoms with Crippen LogP contribution in [-0.4, -0.2) is 49.1 Å². The van der Waals surface area contributed by atoms with Crippen LogP contribution in [0.2, 0.25) is 0 Å². The second kappa shape index (κ2) is 6.18. The molecule has 4 heterocycles. The molecule has 0 aliphatic carbocycles. The molecule has 24 heavy (non-hydrogen) atoms. The van der Waals surface area contributed by atoms with E-state index in [0.717, 1.165) is 17.0 Å². The first kappa shape index (κ1) is 15.6. The Morgan fingerprint density at radius 2 is 2.21 bits per heavy atom. The number of carbonyl (C=O) groups is 2. The highest BCUT2D eigenvalue weighted by Gasteiger charge is 2.37. The van der Waals surface area contributed by atoms with Crippen molar-refractivity contribution in [1.29, 1.82) is 0 Å². The van der Waals surface area contributed by atoms with Crippen LogP contribution in [0.1, 0.15) is 27.0 Å². The number of carbonyl (C=O) groups excluding carboxylic acids is 1. The van der Waals surface area contributed by atoms with Crippen molar-refractivity contribution in [3.63, 3.8) is 0 Å². The van der Waals surface area contributed by atoms with Crippen molar-refractivity contribution in [3.05, 3.63) is 53.6 Å². The van der Waals surface area contributed by atoms with Crippen molar-refractivity contribution in [2.75, 3.05) is 11.6 Å². The molecule has 8 heteroatoms. The smallest absolute Gasteiger partial charge is 0.327 e. The minimum Gasteiger partial charge on any atom is -0.480 e. The van der Waals surface area contributed by atoms with Crippen molar-refractivity contribution in [1.82, 2.24) is 14.5 Å². The van der Waals surface area contributed by atoms with E-state index < -0.39 is 12.0 Å². The maximum Gasteiger partial charge on any atom is 0.327 e. The third-order valence-corrected chi connectivity index (χ3v) is 6.55. The molecule has 2 aliphatic heterocycles. The number of fused-ring (bicyclic) bond motifs is 1. The van der Waals surface area contributed by atoms with Crippen molar-refractivity contribution < 1.29 is 14.7 Å². The Morgan fingerprint density at radius 1 is 1.33 bits per heavy atom. The summed E-state index contributed by atoms with van der Waals surface area (Å²) < 4.78 is 2.09. The van der Waals surface area contributed by atoms with E-state index in [1.807, 2.05) is 30.6 Å². The van der Waals surface area contributed by atoms with Crippen LogP contribution in [0.4, 0.5) is 0 Å². The van der Waals surface area contributed by atoms with Gasteiger partial charge in [-0.3, -0.25) is 9.78 Å². The van der Waals surface area contributed by atoms with Crippen LogP contribution < -0.4 is 0 Å². The van der Waals surface area contributed by atoms with Crippen LogP contribution in [0, 0.1) is 0 Å². The quantitative estimate of drug-likeness (QED) is 0.904. The molecule has 2 aromatic rings. The van der Waals surface area contributed by atoms with E-state index >= 15 is 0 Å². The molecule has 0 aromatic carbocycles. The fourth-order valence-corrected chi connectivity index (χ4v) is 5.52. The van der Waals surface area contributed by atoms with Crippen molar-refractivity contribution in [2.45, 2.75) is 17.2 Å². The molecule has 0 saturated carbocycles. The number of aliphatic carboxylic acids is 1. The molecule has 1 fully saturated rings. The Morgan fingerprint density at radius 3 is 2.96 bits per heavy atom. The number of hydrogen-bond donors (Lipinski definition) is 1. The number of amides is 1. The van der Waals surface area contributed by atoms with Gasteiger partial charge in [-0.25, -0.2) is 4.79 Å². The number of rotatable bonds is 3. The predicted molar refractivity (Wildman–Crippen MR) is 93.0 cm³/mol. The van der Waals surface area contributed by atoms with Gasteiger partial charge in [0.1, 0.15) is 11.4 Å². The largest absolute Gasteiger partial charge is 0.480 e. The summed E-state index contributed by atoms with van der Waals surface area (Å²) in [5, 5.41) is 9.40. The highest BCUT2D eigenvalue weighted by Crippen LogP contribution is 2.42. The van der Waals surface area contributed by atoms with E-state index in [-0.39, 0.29) is 11.3 Å². The number of thioether (sulfide) groups is 2. The van der Waals surface area contributed by atoms with Gasteiger partial charge in [-0.2, -0.15) is 0 Å². The van der Waals surface area contributed by atoms with Gasteiger partial charge in [0, 0.05) is 41.4 Å². The third kappa shape index (κ3) is 2.50. The number of pyridine rings is 1. The summed E-state index contributed by atoms with van der Waals surface area (Å²) in [5.74, 6) is 0.483. The van der Waals surface area contributed by atoms with Crippen LogP contribution in [0.5, 0.6) is 0 Å². The van der Waals surface area contributed by atoms with Gasteiger partial charge in [0.2, 0.25) is 0 Å². The minimum atomic E-state index is -0.938. The SMILES string of the molecule is O=C(O)[C@@H]1CSCN1C(=O)c1ccn2c1CS[C@@H]2c1cccnc1. The summed E-state index contributed by atoms with van der Waals surface area (Å²) in [6, 6.07) is 5.00. The van der Waals surface area contributed by atoms with E-state index in [9.17, 15) is 14.7 Å². The summed E-state index contributed by atoms with van der Waals surface area (Å²) in [6.45, 7) is 0. The van der Waals surface area contributed by atoms with Crippen LogP contribution >= 0.6 is 23.5 Å². The zero-order valence-electron chi connectivity index (χ0n) is 12.7. The molecular formula is C16H15N3O3S2. The average Bonchev–Trinajstić information content (AvgIpc) is 3.30. The molecule has 4 rings (SSSR count). The minimum absolute atomic E-state index is 0.110. The van der Waals surface area contributed by atoms with E-state index in [1.54, 1.807) is 18.0 Å². The molecule has 124 valence electrons. The highest BCUT2D eigenvalue weighted by molar-refractivity contribution is 7.99. The Bertz CT molecular complexity index is 793. The molecule has 1 amide bonds. The second-order valence-electron chi connectivity index (χ2n) is 5.66. The molecule has 0 radical (unpaired) electrons.